The molecule has 1 aliphatic rings. The van der Waals surface area contributed by atoms with Crippen LogP contribution in [0.5, 0.6) is 0 Å². The van der Waals surface area contributed by atoms with E-state index in [9.17, 15) is 0 Å². The molecule has 0 radical (unpaired) electrons. The van der Waals surface area contributed by atoms with Gasteiger partial charge in [-0.2, -0.15) is 0 Å². The minimum Gasteiger partial charge on any atom is -0.264 e. The molecule has 0 amide bonds. The second-order valence-electron chi connectivity index (χ2n) is 5.41. The molecule has 1 aliphatic carbocycles. The Balaban J connectivity index is 1.73. The van der Waals surface area contributed by atoms with Crippen LogP contribution in [0.25, 0.3) is 20.9 Å². The predicted molar refractivity (Wildman–Crippen MR) is 90.0 cm³/mol. The van der Waals surface area contributed by atoms with Gasteiger partial charge in [0.2, 0.25) is 0 Å². The number of hydrogen-bond donors (Lipinski definition) is 0. The molecular weight excluding hydrogens is 298 g/mol. The van der Waals surface area contributed by atoms with E-state index in [4.69, 9.17) is 11.6 Å². The standard InChI is InChI=1S/C18H14ClNS/c19-14-5-3-13(4-6-14)17-7-8-18(21-17)16-11-20-10-9-15(16)12-1-2-12/h3-12H,1-2H2. The van der Waals surface area contributed by atoms with Crippen LogP contribution in [0.1, 0.15) is 24.3 Å². The van der Waals surface area contributed by atoms with Crippen LogP contribution >= 0.6 is 22.9 Å². The molecule has 1 saturated carbocycles. The van der Waals surface area contributed by atoms with Crippen LogP contribution in [0.2, 0.25) is 5.02 Å². The van der Waals surface area contributed by atoms with Crippen molar-refractivity contribution in [3.05, 3.63) is 65.4 Å². The van der Waals surface area contributed by atoms with E-state index < -0.39 is 0 Å². The fraction of sp³-hybridized carbons (Fsp3) is 0.167. The quantitative estimate of drug-likeness (QED) is 0.577. The summed E-state index contributed by atoms with van der Waals surface area (Å²) in [5, 5.41) is 0.777. The largest absolute Gasteiger partial charge is 0.264 e. The van der Waals surface area contributed by atoms with Gasteiger partial charge < -0.3 is 0 Å². The van der Waals surface area contributed by atoms with Crippen LogP contribution in [0.15, 0.2) is 54.9 Å². The van der Waals surface area contributed by atoms with Gasteiger partial charge in [0.15, 0.2) is 0 Å². The molecule has 2 aromatic heterocycles. The molecule has 0 N–H and O–H groups in total. The van der Waals surface area contributed by atoms with Crippen LogP contribution in [0.3, 0.4) is 0 Å². The highest BCUT2D eigenvalue weighted by atomic mass is 35.5. The monoisotopic (exact) mass is 311 g/mol. The maximum Gasteiger partial charge on any atom is 0.0406 e. The van der Waals surface area contributed by atoms with Crippen molar-refractivity contribution in [2.24, 2.45) is 0 Å². The van der Waals surface area contributed by atoms with E-state index in [1.54, 1.807) is 0 Å². The van der Waals surface area contributed by atoms with Gasteiger partial charge in [0, 0.05) is 32.7 Å². The number of hydrogen-bond acceptors (Lipinski definition) is 2. The number of pyridine rings is 1. The summed E-state index contributed by atoms with van der Waals surface area (Å²) in [5.41, 5.74) is 3.97. The van der Waals surface area contributed by atoms with Gasteiger partial charge >= 0.3 is 0 Å². The lowest BCUT2D eigenvalue weighted by Crippen LogP contribution is -1.86. The van der Waals surface area contributed by atoms with Crippen molar-refractivity contribution < 1.29 is 0 Å². The summed E-state index contributed by atoms with van der Waals surface area (Å²) in [4.78, 5) is 6.89. The van der Waals surface area contributed by atoms with Crippen molar-refractivity contribution in [3.8, 4) is 20.9 Å². The van der Waals surface area contributed by atoms with Crippen molar-refractivity contribution in [2.75, 3.05) is 0 Å². The molecule has 21 heavy (non-hydrogen) atoms. The summed E-state index contributed by atoms with van der Waals surface area (Å²) in [6.45, 7) is 0. The Kier molecular flexibility index (Phi) is 3.28. The Morgan fingerprint density at radius 1 is 0.952 bits per heavy atom. The first-order chi connectivity index (χ1) is 10.3. The number of aromatic nitrogens is 1. The van der Waals surface area contributed by atoms with Gasteiger partial charge in [-0.05, 0) is 60.2 Å². The van der Waals surface area contributed by atoms with E-state index in [0.29, 0.717) is 0 Å². The molecule has 0 spiro atoms. The summed E-state index contributed by atoms with van der Waals surface area (Å²) in [7, 11) is 0. The molecule has 1 nitrogen and oxygen atoms in total. The molecule has 4 rings (SSSR count). The van der Waals surface area contributed by atoms with E-state index in [1.807, 2.05) is 35.9 Å². The van der Waals surface area contributed by atoms with E-state index in [0.717, 1.165) is 10.9 Å². The van der Waals surface area contributed by atoms with Crippen molar-refractivity contribution in [2.45, 2.75) is 18.8 Å². The van der Waals surface area contributed by atoms with Crippen LogP contribution in [0, 0.1) is 0 Å². The van der Waals surface area contributed by atoms with Gasteiger partial charge in [-0.15, -0.1) is 11.3 Å². The first kappa shape index (κ1) is 13.1. The van der Waals surface area contributed by atoms with Gasteiger partial charge in [0.25, 0.3) is 0 Å². The minimum absolute atomic E-state index is 0.740. The van der Waals surface area contributed by atoms with Crippen molar-refractivity contribution in [1.29, 1.82) is 0 Å². The Bertz CT molecular complexity index is 772. The SMILES string of the molecule is Clc1ccc(-c2ccc(-c3cnccc3C3CC3)s2)cc1. The number of nitrogens with zero attached hydrogens (tertiary/aromatic N) is 1. The Morgan fingerprint density at radius 2 is 1.71 bits per heavy atom. The van der Waals surface area contributed by atoms with Gasteiger partial charge in [-0.1, -0.05) is 23.7 Å². The third kappa shape index (κ3) is 2.61. The molecule has 3 aromatic rings. The van der Waals surface area contributed by atoms with E-state index >= 15 is 0 Å². The highest BCUT2D eigenvalue weighted by molar-refractivity contribution is 7.18. The number of halogens is 1. The number of benzene rings is 1. The molecule has 1 fully saturated rings. The van der Waals surface area contributed by atoms with Gasteiger partial charge in [-0.3, -0.25) is 4.98 Å². The zero-order chi connectivity index (χ0) is 14.2. The number of rotatable bonds is 3. The molecule has 0 bridgehead atoms. The topological polar surface area (TPSA) is 12.9 Å². The average Bonchev–Trinajstić information content (AvgIpc) is 3.25. The molecular formula is C18H14ClNS. The Hall–Kier alpha value is -1.64. The second kappa shape index (κ2) is 5.28. The maximum absolute atomic E-state index is 5.96. The van der Waals surface area contributed by atoms with Crippen molar-refractivity contribution >= 4 is 22.9 Å². The number of thiophene rings is 1. The average molecular weight is 312 g/mol. The van der Waals surface area contributed by atoms with Crippen LogP contribution in [0.4, 0.5) is 0 Å². The molecule has 0 unspecified atom stereocenters. The zero-order valence-corrected chi connectivity index (χ0v) is 13.0. The lowest BCUT2D eigenvalue weighted by atomic mass is 10.1. The summed E-state index contributed by atoms with van der Waals surface area (Å²) in [6.07, 6.45) is 6.54. The molecule has 0 saturated heterocycles. The Morgan fingerprint density at radius 3 is 2.48 bits per heavy atom. The lowest BCUT2D eigenvalue weighted by molar-refractivity contribution is 1.11. The maximum atomic E-state index is 5.96. The van der Waals surface area contributed by atoms with E-state index in [2.05, 4.69) is 35.3 Å². The second-order valence-corrected chi connectivity index (χ2v) is 6.93. The third-order valence-electron chi connectivity index (χ3n) is 3.87. The van der Waals surface area contributed by atoms with Crippen LogP contribution in [-0.4, -0.2) is 4.98 Å². The molecule has 0 atom stereocenters. The molecule has 0 aliphatic heterocycles. The van der Waals surface area contributed by atoms with Gasteiger partial charge in [-0.25, -0.2) is 0 Å². The third-order valence-corrected chi connectivity index (χ3v) is 5.29. The molecule has 1 aromatic carbocycles. The first-order valence-electron chi connectivity index (χ1n) is 7.11. The van der Waals surface area contributed by atoms with Crippen LogP contribution < -0.4 is 0 Å². The molecule has 3 heteroatoms. The summed E-state index contributed by atoms with van der Waals surface area (Å²) in [6, 6.07) is 14.6. The molecule has 104 valence electrons. The van der Waals surface area contributed by atoms with Gasteiger partial charge in [0.05, 0.1) is 0 Å². The fourth-order valence-electron chi connectivity index (χ4n) is 2.61. The fourth-order valence-corrected chi connectivity index (χ4v) is 3.78. The predicted octanol–water partition coefficient (Wildman–Crippen LogP) is 6.01. The van der Waals surface area contributed by atoms with Crippen molar-refractivity contribution in [3.63, 3.8) is 0 Å². The highest BCUT2D eigenvalue weighted by Gasteiger charge is 2.26. The summed E-state index contributed by atoms with van der Waals surface area (Å²) >= 11 is 7.78. The lowest BCUT2D eigenvalue weighted by Gasteiger charge is -2.05. The first-order valence-corrected chi connectivity index (χ1v) is 8.31. The minimum atomic E-state index is 0.740. The summed E-state index contributed by atoms with van der Waals surface area (Å²) < 4.78 is 0. The van der Waals surface area contributed by atoms with E-state index in [1.165, 1.54) is 39.3 Å². The van der Waals surface area contributed by atoms with E-state index in [-0.39, 0.29) is 0 Å². The Labute approximate surface area is 133 Å². The zero-order valence-electron chi connectivity index (χ0n) is 11.4. The smallest absolute Gasteiger partial charge is 0.0406 e. The molecule has 2 heterocycles. The normalized spacial score (nSPS) is 14.3. The highest BCUT2D eigenvalue weighted by Crippen LogP contribution is 2.45. The van der Waals surface area contributed by atoms with Crippen LogP contribution in [-0.2, 0) is 0 Å². The van der Waals surface area contributed by atoms with Crippen molar-refractivity contribution in [1.82, 2.24) is 4.98 Å². The summed E-state index contributed by atoms with van der Waals surface area (Å²) in [5.74, 6) is 0.740. The van der Waals surface area contributed by atoms with Gasteiger partial charge in [0.1, 0.15) is 0 Å².